The lowest BCUT2D eigenvalue weighted by molar-refractivity contribution is -0.124. The van der Waals surface area contributed by atoms with Gasteiger partial charge >= 0.3 is 0 Å². The van der Waals surface area contributed by atoms with Crippen molar-refractivity contribution in [2.45, 2.75) is 71.1 Å². The van der Waals surface area contributed by atoms with Gasteiger partial charge in [0, 0.05) is 0 Å². The normalized spacial score (nSPS) is 48.8. The van der Waals surface area contributed by atoms with E-state index in [1.54, 1.807) is 0 Å². The molecule has 0 N–H and O–H groups in total. The fourth-order valence-electron chi connectivity index (χ4n) is 6.94. The molecule has 4 aliphatic carbocycles. The predicted octanol–water partition coefficient (Wildman–Crippen LogP) is 5.15. The molecule has 0 heterocycles. The molecule has 3 fully saturated rings. The molecule has 21 heavy (non-hydrogen) atoms. The molecule has 0 spiro atoms. The lowest BCUT2D eigenvalue weighted by Crippen LogP contribution is -2.49. The Labute approximate surface area is 129 Å². The molecular weight excluding hydrogens is 256 g/mol. The highest BCUT2D eigenvalue weighted by atomic mass is 16.1. The largest absolute Gasteiger partial charge is 0.302 e. The molecule has 0 amide bonds. The molecule has 0 radical (unpaired) electrons. The molecule has 4 aliphatic rings. The first-order valence-corrected chi connectivity index (χ1v) is 9.46. The molecule has 0 aromatic heterocycles. The average molecular weight is 286 g/mol. The second-order valence-corrected chi connectivity index (χ2v) is 8.24. The van der Waals surface area contributed by atoms with Crippen molar-refractivity contribution in [2.75, 3.05) is 0 Å². The van der Waals surface area contributed by atoms with Crippen LogP contribution in [0.2, 0.25) is 0 Å². The molecule has 6 atom stereocenters. The number of rotatable bonds is 2. The third-order valence-corrected chi connectivity index (χ3v) is 7.82. The minimum Gasteiger partial charge on any atom is -0.302 e. The topological polar surface area (TPSA) is 17.1 Å². The third-order valence-electron chi connectivity index (χ3n) is 7.82. The first-order chi connectivity index (χ1) is 10.3. The number of carbonyl (C=O) groups is 1. The smallest absolute Gasteiger partial charge is 0.130 e. The summed E-state index contributed by atoms with van der Waals surface area (Å²) in [6.45, 7) is 2.24. The van der Waals surface area contributed by atoms with Crippen molar-refractivity contribution >= 4 is 6.29 Å². The SMILES string of the molecule is CCC1=CC[C@H]2[C@@H]3CCC4CCCC[C@@H]4[C@H]3CC[C@]12C=O. The summed E-state index contributed by atoms with van der Waals surface area (Å²) in [7, 11) is 0. The maximum atomic E-state index is 12.0. The zero-order valence-corrected chi connectivity index (χ0v) is 13.5. The Morgan fingerprint density at radius 2 is 1.95 bits per heavy atom. The maximum absolute atomic E-state index is 12.0. The van der Waals surface area contributed by atoms with E-state index in [9.17, 15) is 4.79 Å². The molecule has 1 heteroatoms. The van der Waals surface area contributed by atoms with E-state index >= 15 is 0 Å². The Hall–Kier alpha value is -0.590. The van der Waals surface area contributed by atoms with E-state index in [1.807, 2.05) is 0 Å². The van der Waals surface area contributed by atoms with Gasteiger partial charge in [-0.05, 0) is 74.5 Å². The third kappa shape index (κ3) is 1.92. The first kappa shape index (κ1) is 14.0. The zero-order chi connectivity index (χ0) is 14.4. The van der Waals surface area contributed by atoms with Gasteiger partial charge in [0.1, 0.15) is 6.29 Å². The van der Waals surface area contributed by atoms with Crippen molar-refractivity contribution in [3.63, 3.8) is 0 Å². The fourth-order valence-corrected chi connectivity index (χ4v) is 6.94. The van der Waals surface area contributed by atoms with Crippen LogP contribution in [0.25, 0.3) is 0 Å². The number of hydrogen-bond donors (Lipinski definition) is 0. The van der Waals surface area contributed by atoms with Gasteiger partial charge in [-0.2, -0.15) is 0 Å². The summed E-state index contributed by atoms with van der Waals surface area (Å²) in [5.74, 6) is 4.50. The zero-order valence-electron chi connectivity index (χ0n) is 13.5. The van der Waals surface area contributed by atoms with Crippen molar-refractivity contribution in [1.29, 1.82) is 0 Å². The Balaban J connectivity index is 1.62. The highest BCUT2D eigenvalue weighted by Gasteiger charge is 2.55. The van der Waals surface area contributed by atoms with Crippen molar-refractivity contribution in [2.24, 2.45) is 35.0 Å². The molecule has 116 valence electrons. The maximum Gasteiger partial charge on any atom is 0.130 e. The standard InChI is InChI=1S/C20H30O/c1-2-15-8-10-19-18-9-7-14-5-3-4-6-16(14)17(18)11-12-20(15,19)13-21/h8,13-14,16-19H,2-7,9-12H2,1H3/t14?,16-,17+,18+,19-,20-/m0/s1. The second-order valence-electron chi connectivity index (χ2n) is 8.24. The van der Waals surface area contributed by atoms with Gasteiger partial charge in [-0.15, -0.1) is 0 Å². The van der Waals surface area contributed by atoms with Crippen molar-refractivity contribution in [3.8, 4) is 0 Å². The quantitative estimate of drug-likeness (QED) is 0.506. The monoisotopic (exact) mass is 286 g/mol. The van der Waals surface area contributed by atoms with E-state index in [1.165, 1.54) is 63.2 Å². The summed E-state index contributed by atoms with van der Waals surface area (Å²) in [5.41, 5.74) is 1.43. The van der Waals surface area contributed by atoms with E-state index in [0.29, 0.717) is 5.92 Å². The van der Waals surface area contributed by atoms with E-state index in [2.05, 4.69) is 13.0 Å². The van der Waals surface area contributed by atoms with Gasteiger partial charge in [-0.1, -0.05) is 37.8 Å². The van der Waals surface area contributed by atoms with Crippen LogP contribution in [0.3, 0.4) is 0 Å². The van der Waals surface area contributed by atoms with Crippen LogP contribution in [-0.4, -0.2) is 6.29 Å². The fraction of sp³-hybridized carbons (Fsp3) is 0.850. The molecule has 0 aliphatic heterocycles. The van der Waals surface area contributed by atoms with Crippen molar-refractivity contribution < 1.29 is 4.79 Å². The highest BCUT2D eigenvalue weighted by molar-refractivity contribution is 5.67. The van der Waals surface area contributed by atoms with Crippen LogP contribution in [0.15, 0.2) is 11.6 Å². The van der Waals surface area contributed by atoms with E-state index < -0.39 is 0 Å². The van der Waals surface area contributed by atoms with Crippen LogP contribution in [0.1, 0.15) is 71.1 Å². The molecule has 4 rings (SSSR count). The molecule has 1 nitrogen and oxygen atoms in total. The summed E-state index contributed by atoms with van der Waals surface area (Å²) in [6.07, 6.45) is 17.4. The van der Waals surface area contributed by atoms with Gasteiger partial charge in [0.05, 0.1) is 5.41 Å². The number of carbonyl (C=O) groups excluding carboxylic acids is 1. The molecule has 1 unspecified atom stereocenters. The number of fused-ring (bicyclic) bond motifs is 5. The van der Waals surface area contributed by atoms with E-state index in [-0.39, 0.29) is 5.41 Å². The highest BCUT2D eigenvalue weighted by Crippen LogP contribution is 2.62. The van der Waals surface area contributed by atoms with Crippen LogP contribution < -0.4 is 0 Å². The Morgan fingerprint density at radius 1 is 1.10 bits per heavy atom. The van der Waals surface area contributed by atoms with Gasteiger partial charge in [0.2, 0.25) is 0 Å². The second kappa shape index (κ2) is 5.25. The van der Waals surface area contributed by atoms with Gasteiger partial charge in [-0.25, -0.2) is 0 Å². The van der Waals surface area contributed by atoms with Crippen molar-refractivity contribution in [1.82, 2.24) is 0 Å². The number of aldehydes is 1. The van der Waals surface area contributed by atoms with Gasteiger partial charge < -0.3 is 4.79 Å². The summed E-state index contributed by atoms with van der Waals surface area (Å²) in [6, 6.07) is 0. The lowest BCUT2D eigenvalue weighted by Gasteiger charge is -2.54. The Bertz CT molecular complexity index is 451. The van der Waals surface area contributed by atoms with E-state index in [0.717, 1.165) is 36.5 Å². The van der Waals surface area contributed by atoms with Gasteiger partial charge in [-0.3, -0.25) is 0 Å². The summed E-state index contributed by atoms with van der Waals surface area (Å²) >= 11 is 0. The summed E-state index contributed by atoms with van der Waals surface area (Å²) in [4.78, 5) is 12.0. The van der Waals surface area contributed by atoms with Crippen LogP contribution in [-0.2, 0) is 4.79 Å². The Kier molecular flexibility index (Phi) is 3.51. The first-order valence-electron chi connectivity index (χ1n) is 9.46. The van der Waals surface area contributed by atoms with Crippen LogP contribution >= 0.6 is 0 Å². The predicted molar refractivity (Wildman–Crippen MR) is 85.9 cm³/mol. The van der Waals surface area contributed by atoms with Crippen LogP contribution in [0.5, 0.6) is 0 Å². The van der Waals surface area contributed by atoms with Crippen LogP contribution in [0, 0.1) is 35.0 Å². The minimum atomic E-state index is -0.0442. The molecule has 0 saturated heterocycles. The number of allylic oxidation sites excluding steroid dienone is 2. The molecule has 0 aromatic rings. The summed E-state index contributed by atoms with van der Waals surface area (Å²) < 4.78 is 0. The average Bonchev–Trinajstić information content (AvgIpc) is 2.93. The molecule has 0 aromatic carbocycles. The molecule has 3 saturated carbocycles. The summed E-state index contributed by atoms with van der Waals surface area (Å²) in [5, 5.41) is 0. The molecular formula is C20H30O. The minimum absolute atomic E-state index is 0.0442. The van der Waals surface area contributed by atoms with Gasteiger partial charge in [0.15, 0.2) is 0 Å². The van der Waals surface area contributed by atoms with Gasteiger partial charge in [0.25, 0.3) is 0 Å². The Morgan fingerprint density at radius 3 is 2.76 bits per heavy atom. The number of hydrogen-bond acceptors (Lipinski definition) is 1. The molecule has 0 bridgehead atoms. The lowest BCUT2D eigenvalue weighted by atomic mass is 9.49. The van der Waals surface area contributed by atoms with E-state index in [4.69, 9.17) is 0 Å². The van der Waals surface area contributed by atoms with Crippen LogP contribution in [0.4, 0.5) is 0 Å². The van der Waals surface area contributed by atoms with Crippen molar-refractivity contribution in [3.05, 3.63) is 11.6 Å².